The average Bonchev–Trinajstić information content (AvgIpc) is 2.25. The van der Waals surface area contributed by atoms with Crippen LogP contribution in [-0.4, -0.2) is 22.5 Å². The Hall–Kier alpha value is -1.06. The van der Waals surface area contributed by atoms with Crippen molar-refractivity contribution >= 4 is 11.9 Å². The minimum atomic E-state index is -1.10. The lowest BCUT2D eigenvalue weighted by Crippen LogP contribution is -2.55. The van der Waals surface area contributed by atoms with Crippen LogP contribution in [0.25, 0.3) is 0 Å². The van der Waals surface area contributed by atoms with Crippen molar-refractivity contribution in [1.29, 1.82) is 0 Å². The van der Waals surface area contributed by atoms with Gasteiger partial charge in [-0.2, -0.15) is 0 Å². The van der Waals surface area contributed by atoms with Crippen LogP contribution in [0.1, 0.15) is 53.4 Å². The average molecular weight is 229 g/mol. The highest BCUT2D eigenvalue weighted by atomic mass is 16.4. The lowest BCUT2D eigenvalue weighted by Gasteiger charge is -2.29. The second-order valence-electron chi connectivity index (χ2n) is 4.27. The van der Waals surface area contributed by atoms with E-state index in [2.05, 4.69) is 5.32 Å². The normalized spacial score (nSPS) is 13.2. The van der Waals surface area contributed by atoms with Gasteiger partial charge in [0.15, 0.2) is 0 Å². The molecule has 1 unspecified atom stereocenters. The number of rotatable bonds is 7. The zero-order valence-electron chi connectivity index (χ0n) is 10.7. The second-order valence-corrected chi connectivity index (χ2v) is 4.27. The van der Waals surface area contributed by atoms with Crippen LogP contribution in [0, 0.1) is 5.92 Å². The molecule has 0 aromatic carbocycles. The lowest BCUT2D eigenvalue weighted by atomic mass is 9.91. The van der Waals surface area contributed by atoms with E-state index in [-0.39, 0.29) is 11.8 Å². The Morgan fingerprint density at radius 3 is 2.06 bits per heavy atom. The summed E-state index contributed by atoms with van der Waals surface area (Å²) < 4.78 is 0. The van der Waals surface area contributed by atoms with E-state index in [1.165, 1.54) is 0 Å². The molecule has 0 fully saturated rings. The lowest BCUT2D eigenvalue weighted by molar-refractivity contribution is -0.148. The molecule has 1 atom stereocenters. The molecule has 0 aromatic heterocycles. The molecule has 2 N–H and O–H groups in total. The van der Waals surface area contributed by atoms with Gasteiger partial charge >= 0.3 is 5.97 Å². The number of aliphatic carboxylic acids is 1. The SMILES string of the molecule is CCCC(C)C(=O)NC(CC)(CC)C(=O)O. The Morgan fingerprint density at radius 1 is 1.25 bits per heavy atom. The quantitative estimate of drug-likeness (QED) is 0.703. The van der Waals surface area contributed by atoms with Crippen molar-refractivity contribution in [2.75, 3.05) is 0 Å². The summed E-state index contributed by atoms with van der Waals surface area (Å²) >= 11 is 0. The van der Waals surface area contributed by atoms with E-state index in [0.717, 1.165) is 12.8 Å². The second kappa shape index (κ2) is 6.51. The molecule has 0 bridgehead atoms. The first-order valence-corrected chi connectivity index (χ1v) is 5.98. The molecule has 16 heavy (non-hydrogen) atoms. The number of nitrogens with one attached hydrogen (secondary N) is 1. The highest BCUT2D eigenvalue weighted by Gasteiger charge is 2.37. The standard InChI is InChI=1S/C12H23NO3/c1-5-8-9(4)10(14)13-12(6-2,7-3)11(15)16/h9H,5-8H2,1-4H3,(H,13,14)(H,15,16). The number of carboxylic acids is 1. The van der Waals surface area contributed by atoms with Crippen LogP contribution >= 0.6 is 0 Å². The van der Waals surface area contributed by atoms with Gasteiger partial charge in [0, 0.05) is 5.92 Å². The van der Waals surface area contributed by atoms with E-state index in [1.54, 1.807) is 13.8 Å². The van der Waals surface area contributed by atoms with Gasteiger partial charge in [-0.15, -0.1) is 0 Å². The maximum Gasteiger partial charge on any atom is 0.329 e. The van der Waals surface area contributed by atoms with Gasteiger partial charge in [-0.25, -0.2) is 4.79 Å². The molecule has 0 saturated carbocycles. The van der Waals surface area contributed by atoms with Gasteiger partial charge < -0.3 is 10.4 Å². The molecule has 0 heterocycles. The summed E-state index contributed by atoms with van der Waals surface area (Å²) in [7, 11) is 0. The van der Waals surface area contributed by atoms with E-state index in [4.69, 9.17) is 5.11 Å². The van der Waals surface area contributed by atoms with Crippen LogP contribution < -0.4 is 5.32 Å². The first kappa shape index (κ1) is 14.9. The number of carbonyl (C=O) groups excluding carboxylic acids is 1. The van der Waals surface area contributed by atoms with Crippen LogP contribution in [0.15, 0.2) is 0 Å². The van der Waals surface area contributed by atoms with Crippen LogP contribution in [0.2, 0.25) is 0 Å². The zero-order valence-corrected chi connectivity index (χ0v) is 10.7. The number of hydrogen-bond acceptors (Lipinski definition) is 2. The van der Waals surface area contributed by atoms with Crippen molar-refractivity contribution in [1.82, 2.24) is 5.32 Å². The zero-order chi connectivity index (χ0) is 12.8. The highest BCUT2D eigenvalue weighted by molar-refractivity contribution is 5.87. The van der Waals surface area contributed by atoms with Crippen LogP contribution in [0.5, 0.6) is 0 Å². The molecular weight excluding hydrogens is 206 g/mol. The van der Waals surface area contributed by atoms with Gasteiger partial charge in [0.1, 0.15) is 5.54 Å². The Bertz CT molecular complexity index is 247. The summed E-state index contributed by atoms with van der Waals surface area (Å²) in [6, 6.07) is 0. The molecule has 0 saturated heterocycles. The predicted octanol–water partition coefficient (Wildman–Crippen LogP) is 2.18. The van der Waals surface area contributed by atoms with Crippen LogP contribution in [0.3, 0.4) is 0 Å². The summed E-state index contributed by atoms with van der Waals surface area (Å²) in [5.74, 6) is -1.23. The van der Waals surface area contributed by atoms with Crippen molar-refractivity contribution < 1.29 is 14.7 Å². The van der Waals surface area contributed by atoms with E-state index in [1.807, 2.05) is 13.8 Å². The molecule has 0 aliphatic carbocycles. The van der Waals surface area contributed by atoms with Crippen molar-refractivity contribution in [2.45, 2.75) is 58.9 Å². The molecule has 0 aliphatic rings. The topological polar surface area (TPSA) is 66.4 Å². The Kier molecular flexibility index (Phi) is 6.08. The van der Waals surface area contributed by atoms with E-state index < -0.39 is 11.5 Å². The number of amides is 1. The van der Waals surface area contributed by atoms with Crippen LogP contribution in [0.4, 0.5) is 0 Å². The fraction of sp³-hybridized carbons (Fsp3) is 0.833. The molecule has 1 amide bonds. The number of carboxylic acid groups (broad SMARTS) is 1. The summed E-state index contributed by atoms with van der Waals surface area (Å²) in [5, 5.41) is 11.8. The van der Waals surface area contributed by atoms with Crippen LogP contribution in [-0.2, 0) is 9.59 Å². The molecule has 94 valence electrons. The maximum absolute atomic E-state index is 11.8. The van der Waals surface area contributed by atoms with Crippen molar-refractivity contribution in [3.05, 3.63) is 0 Å². The van der Waals surface area contributed by atoms with E-state index in [9.17, 15) is 9.59 Å². The third-order valence-electron chi connectivity index (χ3n) is 3.15. The largest absolute Gasteiger partial charge is 0.480 e. The fourth-order valence-electron chi connectivity index (χ4n) is 1.71. The van der Waals surface area contributed by atoms with Gasteiger partial charge in [-0.05, 0) is 19.3 Å². The highest BCUT2D eigenvalue weighted by Crippen LogP contribution is 2.17. The molecular formula is C12H23NO3. The summed E-state index contributed by atoms with van der Waals surface area (Å²) in [5.41, 5.74) is -1.10. The molecule has 4 nitrogen and oxygen atoms in total. The van der Waals surface area contributed by atoms with Gasteiger partial charge in [0.25, 0.3) is 0 Å². The van der Waals surface area contributed by atoms with Gasteiger partial charge in [-0.3, -0.25) is 4.79 Å². The van der Waals surface area contributed by atoms with Crippen molar-refractivity contribution in [3.8, 4) is 0 Å². The monoisotopic (exact) mass is 229 g/mol. The molecule has 4 heteroatoms. The Balaban J connectivity index is 4.64. The van der Waals surface area contributed by atoms with Crippen molar-refractivity contribution in [2.24, 2.45) is 5.92 Å². The van der Waals surface area contributed by atoms with Crippen molar-refractivity contribution in [3.63, 3.8) is 0 Å². The van der Waals surface area contributed by atoms with Gasteiger partial charge in [0.2, 0.25) is 5.91 Å². The number of hydrogen-bond donors (Lipinski definition) is 2. The van der Waals surface area contributed by atoms with Gasteiger partial charge in [-0.1, -0.05) is 34.1 Å². The first-order valence-electron chi connectivity index (χ1n) is 5.98. The molecule has 0 aromatic rings. The number of carbonyl (C=O) groups is 2. The smallest absolute Gasteiger partial charge is 0.329 e. The minimum Gasteiger partial charge on any atom is -0.480 e. The third-order valence-corrected chi connectivity index (χ3v) is 3.15. The fourth-order valence-corrected chi connectivity index (χ4v) is 1.71. The molecule has 0 aliphatic heterocycles. The van der Waals surface area contributed by atoms with Gasteiger partial charge in [0.05, 0.1) is 0 Å². The summed E-state index contributed by atoms with van der Waals surface area (Å²) in [6.45, 7) is 7.40. The summed E-state index contributed by atoms with van der Waals surface area (Å²) in [4.78, 5) is 23.0. The maximum atomic E-state index is 11.8. The molecule has 0 spiro atoms. The molecule has 0 radical (unpaired) electrons. The molecule has 0 rings (SSSR count). The Morgan fingerprint density at radius 2 is 1.75 bits per heavy atom. The third kappa shape index (κ3) is 3.51. The Labute approximate surface area is 97.4 Å². The van der Waals surface area contributed by atoms with E-state index in [0.29, 0.717) is 12.8 Å². The first-order chi connectivity index (χ1) is 7.43. The summed E-state index contributed by atoms with van der Waals surface area (Å²) in [6.07, 6.45) is 2.52. The predicted molar refractivity (Wildman–Crippen MR) is 63.2 cm³/mol. The van der Waals surface area contributed by atoms with E-state index >= 15 is 0 Å². The minimum absolute atomic E-state index is 0.123.